The van der Waals surface area contributed by atoms with Gasteiger partial charge in [-0.15, -0.1) is 0 Å². The number of hydrogen-bond donors (Lipinski definition) is 0. The molecular formula is C15H24N6O. The van der Waals surface area contributed by atoms with Crippen molar-refractivity contribution in [2.24, 2.45) is 0 Å². The average molecular weight is 304 g/mol. The van der Waals surface area contributed by atoms with Crippen LogP contribution in [0.1, 0.15) is 5.82 Å². The van der Waals surface area contributed by atoms with Crippen LogP contribution >= 0.6 is 0 Å². The molecule has 7 heteroatoms. The van der Waals surface area contributed by atoms with Crippen molar-refractivity contribution in [1.82, 2.24) is 19.8 Å². The van der Waals surface area contributed by atoms with E-state index in [-0.39, 0.29) is 0 Å². The summed E-state index contributed by atoms with van der Waals surface area (Å²) in [7, 11) is 2.15. The van der Waals surface area contributed by atoms with Gasteiger partial charge in [0.1, 0.15) is 17.5 Å². The van der Waals surface area contributed by atoms with Gasteiger partial charge in [-0.05, 0) is 14.0 Å². The van der Waals surface area contributed by atoms with Gasteiger partial charge < -0.3 is 19.6 Å². The fourth-order valence-electron chi connectivity index (χ4n) is 2.95. The van der Waals surface area contributed by atoms with Crippen molar-refractivity contribution in [3.05, 3.63) is 11.9 Å². The standard InChI is InChI=1S/C15H24N6O/c1-13-16-14(20-7-3-18(2)4-8-20)11-15(17-13)21-9-5-19(12-22)6-10-21/h11-12H,3-10H2,1-2H3. The quantitative estimate of drug-likeness (QED) is 0.722. The maximum atomic E-state index is 10.8. The second kappa shape index (κ2) is 6.48. The molecule has 0 atom stereocenters. The molecule has 2 fully saturated rings. The van der Waals surface area contributed by atoms with Crippen LogP contribution in [0.4, 0.5) is 11.6 Å². The molecule has 120 valence electrons. The summed E-state index contributed by atoms with van der Waals surface area (Å²) in [6, 6.07) is 2.09. The number of aryl methyl sites for hydroxylation is 1. The van der Waals surface area contributed by atoms with Gasteiger partial charge in [0.25, 0.3) is 0 Å². The van der Waals surface area contributed by atoms with Gasteiger partial charge in [0, 0.05) is 58.4 Å². The molecule has 2 aliphatic heterocycles. The third-order valence-corrected chi connectivity index (χ3v) is 4.43. The molecule has 3 heterocycles. The van der Waals surface area contributed by atoms with Crippen molar-refractivity contribution in [2.75, 3.05) is 69.2 Å². The normalized spacial score (nSPS) is 20.4. The first-order chi connectivity index (χ1) is 10.7. The Morgan fingerprint density at radius 2 is 1.41 bits per heavy atom. The Balaban J connectivity index is 1.74. The molecule has 3 rings (SSSR count). The summed E-state index contributed by atoms with van der Waals surface area (Å²) < 4.78 is 0. The number of piperazine rings is 2. The molecule has 1 aromatic rings. The number of anilines is 2. The van der Waals surface area contributed by atoms with Gasteiger partial charge >= 0.3 is 0 Å². The van der Waals surface area contributed by atoms with Crippen molar-refractivity contribution in [1.29, 1.82) is 0 Å². The fourth-order valence-corrected chi connectivity index (χ4v) is 2.95. The lowest BCUT2D eigenvalue weighted by atomic mass is 10.3. The van der Waals surface area contributed by atoms with Crippen LogP contribution < -0.4 is 9.80 Å². The van der Waals surface area contributed by atoms with Crippen molar-refractivity contribution in [2.45, 2.75) is 6.92 Å². The largest absolute Gasteiger partial charge is 0.354 e. The second-order valence-electron chi connectivity index (χ2n) is 6.05. The molecule has 0 spiro atoms. The number of likely N-dealkylation sites (N-methyl/N-ethyl adjacent to an activating group) is 1. The zero-order valence-electron chi connectivity index (χ0n) is 13.4. The Labute approximate surface area is 131 Å². The molecule has 0 aliphatic carbocycles. The van der Waals surface area contributed by atoms with Crippen LogP contribution in [0, 0.1) is 6.92 Å². The summed E-state index contributed by atoms with van der Waals surface area (Å²) in [5.41, 5.74) is 0. The van der Waals surface area contributed by atoms with E-state index >= 15 is 0 Å². The summed E-state index contributed by atoms with van der Waals surface area (Å²) in [4.78, 5) is 28.7. The first kappa shape index (κ1) is 15.0. The van der Waals surface area contributed by atoms with E-state index in [0.29, 0.717) is 0 Å². The smallest absolute Gasteiger partial charge is 0.209 e. The van der Waals surface area contributed by atoms with Gasteiger partial charge in [-0.25, -0.2) is 9.97 Å². The maximum absolute atomic E-state index is 10.8. The summed E-state index contributed by atoms with van der Waals surface area (Å²) >= 11 is 0. The van der Waals surface area contributed by atoms with Gasteiger partial charge in [0.2, 0.25) is 6.41 Å². The number of carbonyl (C=O) groups is 1. The second-order valence-corrected chi connectivity index (χ2v) is 6.05. The lowest BCUT2D eigenvalue weighted by molar-refractivity contribution is -0.118. The van der Waals surface area contributed by atoms with E-state index in [2.05, 4.69) is 37.8 Å². The van der Waals surface area contributed by atoms with E-state index in [9.17, 15) is 4.79 Å². The zero-order chi connectivity index (χ0) is 15.5. The van der Waals surface area contributed by atoms with Crippen molar-refractivity contribution >= 4 is 18.0 Å². The molecule has 0 saturated carbocycles. The minimum atomic E-state index is 0.760. The first-order valence-electron chi connectivity index (χ1n) is 7.89. The lowest BCUT2D eigenvalue weighted by Crippen LogP contribution is -2.46. The minimum absolute atomic E-state index is 0.760. The molecule has 0 bridgehead atoms. The van der Waals surface area contributed by atoms with E-state index in [1.54, 1.807) is 0 Å². The van der Waals surface area contributed by atoms with E-state index in [4.69, 9.17) is 0 Å². The minimum Gasteiger partial charge on any atom is -0.354 e. The molecule has 2 aliphatic rings. The van der Waals surface area contributed by atoms with Crippen molar-refractivity contribution in [3.63, 3.8) is 0 Å². The molecule has 1 amide bonds. The highest BCUT2D eigenvalue weighted by Gasteiger charge is 2.20. The molecule has 7 nitrogen and oxygen atoms in total. The Morgan fingerprint density at radius 3 is 1.91 bits per heavy atom. The molecule has 0 aromatic carbocycles. The first-order valence-corrected chi connectivity index (χ1v) is 7.89. The van der Waals surface area contributed by atoms with Crippen LogP contribution in [0.3, 0.4) is 0 Å². The topological polar surface area (TPSA) is 55.8 Å². The zero-order valence-corrected chi connectivity index (χ0v) is 13.4. The van der Waals surface area contributed by atoms with Crippen LogP contribution in [0.25, 0.3) is 0 Å². The number of aromatic nitrogens is 2. The molecular weight excluding hydrogens is 280 g/mol. The van der Waals surface area contributed by atoms with Gasteiger partial charge in [-0.3, -0.25) is 4.79 Å². The highest BCUT2D eigenvalue weighted by atomic mass is 16.1. The number of hydrogen-bond acceptors (Lipinski definition) is 6. The van der Waals surface area contributed by atoms with E-state index in [0.717, 1.165) is 76.2 Å². The van der Waals surface area contributed by atoms with Crippen LogP contribution in [-0.4, -0.2) is 85.6 Å². The molecule has 22 heavy (non-hydrogen) atoms. The highest BCUT2D eigenvalue weighted by Crippen LogP contribution is 2.21. The van der Waals surface area contributed by atoms with E-state index in [1.807, 2.05) is 11.8 Å². The van der Waals surface area contributed by atoms with Crippen LogP contribution in [0.15, 0.2) is 6.07 Å². The third-order valence-electron chi connectivity index (χ3n) is 4.43. The Hall–Kier alpha value is -1.89. The fraction of sp³-hybridized carbons (Fsp3) is 0.667. The van der Waals surface area contributed by atoms with Crippen LogP contribution in [-0.2, 0) is 4.79 Å². The molecule has 0 N–H and O–H groups in total. The molecule has 0 radical (unpaired) electrons. The van der Waals surface area contributed by atoms with E-state index < -0.39 is 0 Å². The molecule has 0 unspecified atom stereocenters. The van der Waals surface area contributed by atoms with Gasteiger partial charge in [-0.1, -0.05) is 0 Å². The van der Waals surface area contributed by atoms with E-state index in [1.165, 1.54) is 0 Å². The number of nitrogens with zero attached hydrogens (tertiary/aromatic N) is 6. The third kappa shape index (κ3) is 3.30. The van der Waals surface area contributed by atoms with Crippen molar-refractivity contribution < 1.29 is 4.79 Å². The predicted molar refractivity (Wildman–Crippen MR) is 86.3 cm³/mol. The van der Waals surface area contributed by atoms with Gasteiger partial charge in [0.05, 0.1) is 0 Å². The Morgan fingerprint density at radius 1 is 0.909 bits per heavy atom. The number of rotatable bonds is 3. The SMILES string of the molecule is Cc1nc(N2CCN(C)CC2)cc(N2CCN(C=O)CC2)n1. The predicted octanol–water partition coefficient (Wildman–Crippen LogP) is -0.185. The molecule has 2 saturated heterocycles. The average Bonchev–Trinajstić information content (AvgIpc) is 2.55. The maximum Gasteiger partial charge on any atom is 0.209 e. The lowest BCUT2D eigenvalue weighted by Gasteiger charge is -2.35. The number of amides is 1. The highest BCUT2D eigenvalue weighted by molar-refractivity contribution is 5.53. The summed E-state index contributed by atoms with van der Waals surface area (Å²) in [6.07, 6.45) is 0.929. The van der Waals surface area contributed by atoms with Gasteiger partial charge in [0.15, 0.2) is 0 Å². The summed E-state index contributed by atoms with van der Waals surface area (Å²) in [6.45, 7) is 9.27. The monoisotopic (exact) mass is 304 g/mol. The summed E-state index contributed by atoms with van der Waals surface area (Å²) in [5, 5.41) is 0. The van der Waals surface area contributed by atoms with Gasteiger partial charge in [-0.2, -0.15) is 0 Å². The number of carbonyl (C=O) groups excluding carboxylic acids is 1. The van der Waals surface area contributed by atoms with Crippen LogP contribution in [0.5, 0.6) is 0 Å². The van der Waals surface area contributed by atoms with Crippen molar-refractivity contribution in [3.8, 4) is 0 Å². The Bertz CT molecular complexity index is 521. The Kier molecular flexibility index (Phi) is 4.42. The summed E-state index contributed by atoms with van der Waals surface area (Å²) in [5.74, 6) is 2.81. The van der Waals surface area contributed by atoms with Crippen LogP contribution in [0.2, 0.25) is 0 Å². The molecule has 1 aromatic heterocycles.